The molecule has 0 bridgehead atoms. The number of piperazine rings is 1. The number of anilines is 2. The van der Waals surface area contributed by atoms with Crippen molar-refractivity contribution < 1.29 is 4.74 Å². The maximum absolute atomic E-state index is 11.4. The normalized spacial score (nSPS) is 15.0. The number of H-pyrrole nitrogens is 1. The summed E-state index contributed by atoms with van der Waals surface area (Å²) in [6, 6.07) is 8.01. The first kappa shape index (κ1) is 14.4. The van der Waals surface area contributed by atoms with Gasteiger partial charge >= 0.3 is 5.69 Å². The first-order valence-corrected chi connectivity index (χ1v) is 7.25. The summed E-state index contributed by atoms with van der Waals surface area (Å²) >= 11 is 0. The first-order valence-electron chi connectivity index (χ1n) is 7.25. The van der Waals surface area contributed by atoms with Gasteiger partial charge in [0.05, 0.1) is 12.8 Å². The van der Waals surface area contributed by atoms with Gasteiger partial charge in [-0.1, -0.05) is 12.1 Å². The van der Waals surface area contributed by atoms with Crippen molar-refractivity contribution in [2.24, 2.45) is 0 Å². The molecular weight excluding hydrogens is 282 g/mol. The van der Waals surface area contributed by atoms with Gasteiger partial charge in [0.25, 0.3) is 0 Å². The van der Waals surface area contributed by atoms with Crippen LogP contribution in [0.1, 0.15) is 5.69 Å². The second kappa shape index (κ2) is 6.05. The van der Waals surface area contributed by atoms with Gasteiger partial charge in [0.1, 0.15) is 11.4 Å². The number of nitrogens with zero attached hydrogens (tertiary/aromatic N) is 4. The SMILES string of the molecule is COc1ccccc1N1CCN(c2nc(=O)[nH]nc2C)CC1. The summed E-state index contributed by atoms with van der Waals surface area (Å²) in [5.74, 6) is 1.55. The number of ether oxygens (including phenoxy) is 1. The van der Waals surface area contributed by atoms with Gasteiger partial charge in [-0.15, -0.1) is 0 Å². The lowest BCUT2D eigenvalue weighted by molar-refractivity contribution is 0.413. The molecule has 0 unspecified atom stereocenters. The number of hydrogen-bond donors (Lipinski definition) is 1. The zero-order valence-corrected chi connectivity index (χ0v) is 12.7. The van der Waals surface area contributed by atoms with E-state index in [1.54, 1.807) is 7.11 Å². The highest BCUT2D eigenvalue weighted by Crippen LogP contribution is 2.29. The highest BCUT2D eigenvalue weighted by molar-refractivity contribution is 5.59. The minimum atomic E-state index is -0.409. The number of para-hydroxylation sites is 2. The van der Waals surface area contributed by atoms with Crippen LogP contribution in [0.4, 0.5) is 11.5 Å². The molecule has 0 spiro atoms. The van der Waals surface area contributed by atoms with E-state index in [4.69, 9.17) is 4.74 Å². The van der Waals surface area contributed by atoms with E-state index in [1.165, 1.54) is 0 Å². The molecule has 0 radical (unpaired) electrons. The number of nitrogens with one attached hydrogen (secondary N) is 1. The van der Waals surface area contributed by atoms with Crippen molar-refractivity contribution >= 4 is 11.5 Å². The van der Waals surface area contributed by atoms with E-state index >= 15 is 0 Å². The summed E-state index contributed by atoms with van der Waals surface area (Å²) in [6.07, 6.45) is 0. The molecule has 2 heterocycles. The summed E-state index contributed by atoms with van der Waals surface area (Å²) in [6.45, 7) is 5.11. The molecule has 2 aromatic rings. The minimum absolute atomic E-state index is 0.409. The summed E-state index contributed by atoms with van der Waals surface area (Å²) in [4.78, 5) is 19.8. The van der Waals surface area contributed by atoms with E-state index < -0.39 is 5.69 Å². The molecule has 1 aliphatic heterocycles. The summed E-state index contributed by atoms with van der Waals surface area (Å²) in [5.41, 5.74) is 1.43. The van der Waals surface area contributed by atoms with Gasteiger partial charge in [0, 0.05) is 26.2 Å². The Morgan fingerprint density at radius 1 is 1.14 bits per heavy atom. The summed E-state index contributed by atoms with van der Waals surface area (Å²) in [5, 5.41) is 6.34. The van der Waals surface area contributed by atoms with Gasteiger partial charge in [-0.05, 0) is 19.1 Å². The topological polar surface area (TPSA) is 74.3 Å². The predicted molar refractivity (Wildman–Crippen MR) is 84.8 cm³/mol. The number of rotatable bonds is 3. The third-order valence-corrected chi connectivity index (χ3v) is 3.86. The third-order valence-electron chi connectivity index (χ3n) is 3.86. The molecule has 0 saturated carbocycles. The third kappa shape index (κ3) is 2.74. The van der Waals surface area contributed by atoms with E-state index in [2.05, 4.69) is 31.0 Å². The number of hydrogen-bond acceptors (Lipinski definition) is 6. The molecule has 7 nitrogen and oxygen atoms in total. The van der Waals surface area contributed by atoms with Crippen LogP contribution >= 0.6 is 0 Å². The number of benzene rings is 1. The van der Waals surface area contributed by atoms with Gasteiger partial charge in [-0.25, -0.2) is 9.89 Å². The Labute approximate surface area is 128 Å². The van der Waals surface area contributed by atoms with Gasteiger partial charge < -0.3 is 14.5 Å². The molecule has 0 aliphatic carbocycles. The maximum Gasteiger partial charge on any atom is 0.363 e. The molecular formula is C15H19N5O2. The zero-order valence-electron chi connectivity index (χ0n) is 12.7. The molecule has 1 aliphatic rings. The quantitative estimate of drug-likeness (QED) is 0.904. The monoisotopic (exact) mass is 301 g/mol. The number of aromatic nitrogens is 3. The Balaban J connectivity index is 1.75. The van der Waals surface area contributed by atoms with Crippen molar-refractivity contribution in [1.82, 2.24) is 15.2 Å². The molecule has 1 aromatic carbocycles. The lowest BCUT2D eigenvalue weighted by Crippen LogP contribution is -2.47. The van der Waals surface area contributed by atoms with Crippen molar-refractivity contribution in [1.29, 1.82) is 0 Å². The van der Waals surface area contributed by atoms with Gasteiger partial charge in [-0.3, -0.25) is 0 Å². The first-order chi connectivity index (χ1) is 10.7. The van der Waals surface area contributed by atoms with E-state index in [1.807, 2.05) is 25.1 Å². The fourth-order valence-corrected chi connectivity index (χ4v) is 2.73. The van der Waals surface area contributed by atoms with E-state index in [-0.39, 0.29) is 0 Å². The van der Waals surface area contributed by atoms with Crippen molar-refractivity contribution in [3.63, 3.8) is 0 Å². The summed E-state index contributed by atoms with van der Waals surface area (Å²) in [7, 11) is 1.68. The Morgan fingerprint density at radius 3 is 2.55 bits per heavy atom. The van der Waals surface area contributed by atoms with Crippen LogP contribution in [0.25, 0.3) is 0 Å². The van der Waals surface area contributed by atoms with Gasteiger partial charge in [-0.2, -0.15) is 10.1 Å². The Bertz CT molecular complexity index is 707. The number of aromatic amines is 1. The molecule has 1 N–H and O–H groups in total. The molecule has 7 heteroatoms. The number of methoxy groups -OCH3 is 1. The second-order valence-corrected chi connectivity index (χ2v) is 5.20. The Morgan fingerprint density at radius 2 is 1.82 bits per heavy atom. The largest absolute Gasteiger partial charge is 0.495 e. The zero-order chi connectivity index (χ0) is 15.5. The highest BCUT2D eigenvalue weighted by Gasteiger charge is 2.22. The van der Waals surface area contributed by atoms with Crippen molar-refractivity contribution in [3.05, 3.63) is 40.4 Å². The van der Waals surface area contributed by atoms with Crippen LogP contribution in [-0.4, -0.2) is 48.5 Å². The lowest BCUT2D eigenvalue weighted by atomic mass is 10.2. The molecule has 0 amide bonds. The summed E-state index contributed by atoms with van der Waals surface area (Å²) < 4.78 is 5.42. The van der Waals surface area contributed by atoms with Crippen LogP contribution in [0.5, 0.6) is 5.75 Å². The van der Waals surface area contributed by atoms with Crippen molar-refractivity contribution in [3.8, 4) is 5.75 Å². The van der Waals surface area contributed by atoms with Crippen LogP contribution in [0.15, 0.2) is 29.1 Å². The second-order valence-electron chi connectivity index (χ2n) is 5.20. The molecule has 22 heavy (non-hydrogen) atoms. The fourth-order valence-electron chi connectivity index (χ4n) is 2.73. The van der Waals surface area contributed by atoms with Crippen LogP contribution < -0.4 is 20.2 Å². The van der Waals surface area contributed by atoms with Gasteiger partial charge in [0.2, 0.25) is 0 Å². The molecule has 1 fully saturated rings. The molecule has 3 rings (SSSR count). The van der Waals surface area contributed by atoms with Crippen LogP contribution in [0, 0.1) is 6.92 Å². The van der Waals surface area contributed by atoms with E-state index in [9.17, 15) is 4.79 Å². The molecule has 1 aromatic heterocycles. The van der Waals surface area contributed by atoms with Crippen molar-refractivity contribution in [2.75, 3.05) is 43.1 Å². The Kier molecular flexibility index (Phi) is 3.95. The molecule has 1 saturated heterocycles. The standard InChI is InChI=1S/C15H19N5O2/c1-11-14(16-15(21)18-17-11)20-9-7-19(8-10-20)12-5-3-4-6-13(12)22-2/h3-6H,7-10H2,1-2H3,(H,16,18,21). The van der Waals surface area contributed by atoms with Crippen LogP contribution in [0.3, 0.4) is 0 Å². The van der Waals surface area contributed by atoms with E-state index in [0.29, 0.717) is 5.82 Å². The lowest BCUT2D eigenvalue weighted by Gasteiger charge is -2.37. The fraction of sp³-hybridized carbons (Fsp3) is 0.400. The Hall–Kier alpha value is -2.57. The molecule has 116 valence electrons. The predicted octanol–water partition coefficient (Wildman–Crippen LogP) is 0.809. The van der Waals surface area contributed by atoms with Gasteiger partial charge in [0.15, 0.2) is 5.82 Å². The van der Waals surface area contributed by atoms with Crippen LogP contribution in [-0.2, 0) is 0 Å². The van der Waals surface area contributed by atoms with Crippen LogP contribution in [0.2, 0.25) is 0 Å². The van der Waals surface area contributed by atoms with E-state index in [0.717, 1.165) is 43.3 Å². The smallest absolute Gasteiger partial charge is 0.363 e. The average Bonchev–Trinajstić information content (AvgIpc) is 2.57. The average molecular weight is 301 g/mol. The molecule has 0 atom stereocenters. The number of aryl methyl sites for hydroxylation is 1. The minimum Gasteiger partial charge on any atom is -0.495 e. The maximum atomic E-state index is 11.4. The van der Waals surface area contributed by atoms with Crippen molar-refractivity contribution in [2.45, 2.75) is 6.92 Å². The highest BCUT2D eigenvalue weighted by atomic mass is 16.5.